The third-order valence-electron chi connectivity index (χ3n) is 4.67. The lowest BCUT2D eigenvalue weighted by atomic mass is 9.99. The smallest absolute Gasteiger partial charge is 0.222 e. The fourth-order valence-electron chi connectivity index (χ4n) is 3.07. The van der Waals surface area contributed by atoms with Crippen molar-refractivity contribution in [2.45, 2.75) is 49.8 Å². The maximum Gasteiger partial charge on any atom is 0.222 e. The molecule has 1 amide bonds. The van der Waals surface area contributed by atoms with Gasteiger partial charge in [-0.15, -0.1) is 12.3 Å². The van der Waals surface area contributed by atoms with Gasteiger partial charge in [0.15, 0.2) is 5.66 Å². The van der Waals surface area contributed by atoms with Crippen LogP contribution in [0.25, 0.3) is 0 Å². The van der Waals surface area contributed by atoms with Gasteiger partial charge in [-0.2, -0.15) is 15.3 Å². The molecule has 0 saturated carbocycles. The van der Waals surface area contributed by atoms with E-state index in [1.807, 2.05) is 0 Å². The number of hydrogen-bond donors (Lipinski definition) is 1. The highest BCUT2D eigenvalue weighted by Gasteiger charge is 2.40. The summed E-state index contributed by atoms with van der Waals surface area (Å²) in [4.78, 5) is 18.3. The Labute approximate surface area is 141 Å². The number of aromatic amines is 1. The Balaban J connectivity index is 1.47. The van der Waals surface area contributed by atoms with E-state index >= 15 is 0 Å². The van der Waals surface area contributed by atoms with Gasteiger partial charge in [-0.05, 0) is 6.42 Å². The highest BCUT2D eigenvalue weighted by atomic mass is 16.5. The molecule has 0 aromatic carbocycles. The molecule has 0 spiro atoms. The van der Waals surface area contributed by atoms with Crippen LogP contribution < -0.4 is 0 Å². The van der Waals surface area contributed by atoms with Gasteiger partial charge in [-0.25, -0.2) is 4.98 Å². The molecule has 1 N–H and O–H groups in total. The van der Waals surface area contributed by atoms with E-state index in [0.717, 1.165) is 18.7 Å². The molecular formula is C16H22N6O2. The van der Waals surface area contributed by atoms with Gasteiger partial charge in [0.25, 0.3) is 0 Å². The Hall–Kier alpha value is -2.27. The zero-order valence-corrected chi connectivity index (χ0v) is 13.8. The van der Waals surface area contributed by atoms with Crippen LogP contribution in [0.2, 0.25) is 0 Å². The first-order chi connectivity index (χ1) is 11.6. The topological polar surface area (TPSA) is 95.8 Å². The third kappa shape index (κ3) is 3.79. The number of rotatable bonds is 8. The van der Waals surface area contributed by atoms with Crippen molar-refractivity contribution in [2.24, 2.45) is 10.2 Å². The van der Waals surface area contributed by atoms with Crippen molar-refractivity contribution in [2.75, 3.05) is 20.2 Å². The fourth-order valence-corrected chi connectivity index (χ4v) is 3.07. The largest absolute Gasteiger partial charge is 0.376 e. The molecule has 8 heteroatoms. The van der Waals surface area contributed by atoms with E-state index in [-0.39, 0.29) is 17.9 Å². The van der Waals surface area contributed by atoms with Gasteiger partial charge in [-0.1, -0.05) is 0 Å². The van der Waals surface area contributed by atoms with Crippen LogP contribution in [-0.4, -0.2) is 58.0 Å². The lowest BCUT2D eigenvalue weighted by Gasteiger charge is -2.24. The predicted molar refractivity (Wildman–Crippen MR) is 86.0 cm³/mol. The zero-order valence-electron chi connectivity index (χ0n) is 13.8. The van der Waals surface area contributed by atoms with Crippen LogP contribution in [0.4, 0.5) is 0 Å². The van der Waals surface area contributed by atoms with Crippen molar-refractivity contribution < 1.29 is 9.53 Å². The van der Waals surface area contributed by atoms with Crippen molar-refractivity contribution in [1.29, 1.82) is 0 Å². The SMILES string of the molecule is C#CCCC1(CCC(=O)N(C)C[C@@H]2OCC[C@@H]2c2ncn[nH]2)N=N1. The van der Waals surface area contributed by atoms with E-state index in [1.54, 1.807) is 11.9 Å². The molecule has 1 aromatic rings. The molecule has 24 heavy (non-hydrogen) atoms. The number of carbonyl (C=O) groups excluding carboxylic acids is 1. The summed E-state index contributed by atoms with van der Waals surface area (Å²) in [7, 11) is 1.80. The normalized spacial score (nSPS) is 23.8. The van der Waals surface area contributed by atoms with Gasteiger partial charge >= 0.3 is 0 Å². The lowest BCUT2D eigenvalue weighted by molar-refractivity contribution is -0.131. The summed E-state index contributed by atoms with van der Waals surface area (Å²) in [6.07, 6.45) is 9.98. The number of nitrogens with one attached hydrogen (secondary N) is 1. The second kappa shape index (κ2) is 7.09. The number of nitrogens with zero attached hydrogens (tertiary/aromatic N) is 5. The summed E-state index contributed by atoms with van der Waals surface area (Å²) in [5.41, 5.74) is -0.408. The first-order valence-corrected chi connectivity index (χ1v) is 8.22. The first kappa shape index (κ1) is 16.6. The monoisotopic (exact) mass is 330 g/mol. The molecule has 0 bridgehead atoms. The summed E-state index contributed by atoms with van der Waals surface area (Å²) in [5, 5.41) is 14.9. The van der Waals surface area contributed by atoms with E-state index in [9.17, 15) is 4.79 Å². The molecule has 0 aliphatic carbocycles. The van der Waals surface area contributed by atoms with Crippen LogP contribution >= 0.6 is 0 Å². The Morgan fingerprint density at radius 1 is 1.54 bits per heavy atom. The number of terminal acetylenes is 1. The number of amides is 1. The van der Waals surface area contributed by atoms with E-state index < -0.39 is 5.66 Å². The molecule has 3 heterocycles. The number of hydrogen-bond acceptors (Lipinski definition) is 6. The van der Waals surface area contributed by atoms with Crippen LogP contribution in [0.15, 0.2) is 16.6 Å². The summed E-state index contributed by atoms with van der Waals surface area (Å²) in [6.45, 7) is 1.21. The van der Waals surface area contributed by atoms with E-state index in [1.165, 1.54) is 6.33 Å². The first-order valence-electron chi connectivity index (χ1n) is 8.22. The van der Waals surface area contributed by atoms with Crippen LogP contribution in [0.3, 0.4) is 0 Å². The van der Waals surface area contributed by atoms with E-state index in [0.29, 0.717) is 32.4 Å². The minimum absolute atomic E-state index is 0.0578. The molecule has 1 fully saturated rings. The molecule has 2 atom stereocenters. The maximum atomic E-state index is 12.4. The molecule has 3 rings (SSSR count). The Kier molecular flexibility index (Phi) is 4.90. The Bertz CT molecular complexity index is 629. The number of carbonyl (C=O) groups is 1. The van der Waals surface area contributed by atoms with Crippen molar-refractivity contribution in [3.63, 3.8) is 0 Å². The predicted octanol–water partition coefficient (Wildman–Crippen LogP) is 1.49. The standard InChI is InChI=1S/C16H22N6O2/c1-3-4-7-16(20-21-16)8-5-14(23)22(2)10-13-12(6-9-24-13)15-17-11-18-19-15/h1,11-13H,4-10H2,2H3,(H,17,18,19)/t12-,13-/m0/s1. The fraction of sp³-hybridized carbons (Fsp3) is 0.688. The average Bonchev–Trinajstić information content (AvgIpc) is 2.98. The average molecular weight is 330 g/mol. The number of H-pyrrole nitrogens is 1. The van der Waals surface area contributed by atoms with Crippen LogP contribution in [0.1, 0.15) is 43.8 Å². The molecule has 0 radical (unpaired) electrons. The number of likely N-dealkylation sites (N-methyl/N-ethyl adjacent to an activating group) is 1. The van der Waals surface area contributed by atoms with Crippen LogP contribution in [0.5, 0.6) is 0 Å². The second-order valence-corrected chi connectivity index (χ2v) is 6.34. The molecule has 0 unspecified atom stereocenters. The van der Waals surface area contributed by atoms with Gasteiger partial charge in [0, 0.05) is 51.8 Å². The molecule has 1 saturated heterocycles. The summed E-state index contributed by atoms with van der Waals surface area (Å²) in [6, 6.07) is 0. The van der Waals surface area contributed by atoms with Gasteiger partial charge < -0.3 is 9.64 Å². The zero-order chi connectivity index (χ0) is 17.0. The minimum Gasteiger partial charge on any atom is -0.376 e. The Morgan fingerprint density at radius 3 is 3.04 bits per heavy atom. The van der Waals surface area contributed by atoms with Gasteiger partial charge in [0.2, 0.25) is 5.91 Å². The van der Waals surface area contributed by atoms with Gasteiger partial charge in [0.1, 0.15) is 12.2 Å². The van der Waals surface area contributed by atoms with Crippen molar-refractivity contribution in [3.8, 4) is 12.3 Å². The highest BCUT2D eigenvalue weighted by molar-refractivity contribution is 5.76. The van der Waals surface area contributed by atoms with Crippen LogP contribution in [-0.2, 0) is 9.53 Å². The van der Waals surface area contributed by atoms with E-state index in [4.69, 9.17) is 11.2 Å². The van der Waals surface area contributed by atoms with Gasteiger partial charge in [-0.3, -0.25) is 9.89 Å². The third-order valence-corrected chi connectivity index (χ3v) is 4.67. The molecule has 2 aliphatic heterocycles. The summed E-state index contributed by atoms with van der Waals surface area (Å²) in [5.74, 6) is 3.64. The molecule has 128 valence electrons. The highest BCUT2D eigenvalue weighted by Crippen LogP contribution is 2.37. The summed E-state index contributed by atoms with van der Waals surface area (Å²) < 4.78 is 5.78. The summed E-state index contributed by atoms with van der Waals surface area (Å²) >= 11 is 0. The number of aromatic nitrogens is 3. The van der Waals surface area contributed by atoms with Gasteiger partial charge in [0.05, 0.1) is 6.10 Å². The second-order valence-electron chi connectivity index (χ2n) is 6.34. The molecule has 1 aromatic heterocycles. The van der Waals surface area contributed by atoms with Crippen molar-refractivity contribution >= 4 is 5.91 Å². The van der Waals surface area contributed by atoms with Crippen LogP contribution in [0, 0.1) is 12.3 Å². The molecular weight excluding hydrogens is 308 g/mol. The maximum absolute atomic E-state index is 12.4. The van der Waals surface area contributed by atoms with Crippen molar-refractivity contribution in [3.05, 3.63) is 12.2 Å². The number of ether oxygens (including phenoxy) is 1. The lowest BCUT2D eigenvalue weighted by Crippen LogP contribution is -2.36. The Morgan fingerprint density at radius 2 is 2.38 bits per heavy atom. The van der Waals surface area contributed by atoms with Crippen molar-refractivity contribution in [1.82, 2.24) is 20.1 Å². The van der Waals surface area contributed by atoms with E-state index in [2.05, 4.69) is 31.3 Å². The molecule has 8 nitrogen and oxygen atoms in total. The quantitative estimate of drug-likeness (QED) is 0.730. The molecule has 2 aliphatic rings. The minimum atomic E-state index is -0.408.